The summed E-state index contributed by atoms with van der Waals surface area (Å²) in [6.45, 7) is 0. The van der Waals surface area contributed by atoms with Crippen LogP contribution in [0.1, 0.15) is 0 Å². The second kappa shape index (κ2) is 7.50. The largest absolute Gasteiger partial charge is 0.456 e. The van der Waals surface area contributed by atoms with Crippen molar-refractivity contribution < 1.29 is 4.42 Å². The Morgan fingerprint density at radius 1 is 0.471 bits per heavy atom. The predicted octanol–water partition coefficient (Wildman–Crippen LogP) is 9.30. The van der Waals surface area contributed by atoms with Crippen molar-refractivity contribution in [3.05, 3.63) is 121 Å². The number of furan rings is 1. The molecule has 0 saturated carbocycles. The lowest BCUT2D eigenvalue weighted by atomic mass is 9.97. The molecule has 1 N–H and O–H groups in total. The lowest BCUT2D eigenvalue weighted by Gasteiger charge is -2.11. The molecule has 6 aromatic carbocycles. The number of anilines is 2. The first-order valence-corrected chi connectivity index (χ1v) is 11.5. The molecule has 7 aromatic rings. The van der Waals surface area contributed by atoms with E-state index in [1.165, 1.54) is 32.7 Å². The van der Waals surface area contributed by atoms with Crippen LogP contribution in [0, 0.1) is 0 Å². The van der Waals surface area contributed by atoms with Gasteiger partial charge in [-0.25, -0.2) is 0 Å². The molecule has 1 heterocycles. The first kappa shape index (κ1) is 19.0. The normalized spacial score (nSPS) is 11.5. The van der Waals surface area contributed by atoms with Crippen molar-refractivity contribution in [2.75, 3.05) is 5.32 Å². The summed E-state index contributed by atoms with van der Waals surface area (Å²) in [4.78, 5) is 0. The molecule has 160 valence electrons. The van der Waals surface area contributed by atoms with E-state index in [2.05, 4.69) is 102 Å². The highest BCUT2D eigenvalue weighted by atomic mass is 16.3. The molecule has 0 radical (unpaired) electrons. The average molecular weight is 436 g/mol. The lowest BCUT2D eigenvalue weighted by molar-refractivity contribution is 0.669. The summed E-state index contributed by atoms with van der Waals surface area (Å²) in [6.07, 6.45) is 0. The van der Waals surface area contributed by atoms with E-state index >= 15 is 0 Å². The zero-order chi connectivity index (χ0) is 22.5. The molecular weight excluding hydrogens is 414 g/mol. The maximum atomic E-state index is 6.06. The fraction of sp³-hybridized carbons (Fsp3) is 0. The van der Waals surface area contributed by atoms with E-state index in [0.29, 0.717) is 0 Å². The third kappa shape index (κ3) is 3.04. The third-order valence-electron chi connectivity index (χ3n) is 6.62. The standard InChI is InChI=1S/C32H21NO/c1-2-10-26-21(7-1)15-16-22-17-18-24(20-28(22)26)23-8-5-9-25(19-23)33-29-12-6-14-31-32(29)27-11-3-4-13-30(27)34-31/h1-20,33H. The number of fused-ring (bicyclic) bond motifs is 6. The van der Waals surface area contributed by atoms with E-state index < -0.39 is 0 Å². The Kier molecular flexibility index (Phi) is 4.18. The molecule has 7 rings (SSSR count). The van der Waals surface area contributed by atoms with Crippen molar-refractivity contribution >= 4 is 54.9 Å². The van der Waals surface area contributed by atoms with Gasteiger partial charge in [0.25, 0.3) is 0 Å². The second-order valence-corrected chi connectivity index (χ2v) is 8.71. The van der Waals surface area contributed by atoms with E-state index in [-0.39, 0.29) is 0 Å². The molecule has 0 fully saturated rings. The summed E-state index contributed by atoms with van der Waals surface area (Å²) in [5, 5.41) is 11.0. The monoisotopic (exact) mass is 435 g/mol. The van der Waals surface area contributed by atoms with Crippen molar-refractivity contribution in [1.29, 1.82) is 0 Å². The summed E-state index contributed by atoms with van der Waals surface area (Å²) < 4.78 is 6.06. The Hall–Kier alpha value is -4.56. The molecule has 0 bridgehead atoms. The molecule has 1 aromatic heterocycles. The van der Waals surface area contributed by atoms with Gasteiger partial charge in [-0.3, -0.25) is 0 Å². The zero-order valence-corrected chi connectivity index (χ0v) is 18.5. The summed E-state index contributed by atoms with van der Waals surface area (Å²) in [6, 6.07) is 42.7. The van der Waals surface area contributed by atoms with Crippen molar-refractivity contribution in [2.24, 2.45) is 0 Å². The van der Waals surface area contributed by atoms with Gasteiger partial charge in [-0.05, 0) is 69.1 Å². The van der Waals surface area contributed by atoms with E-state index in [1.54, 1.807) is 0 Å². The quantitative estimate of drug-likeness (QED) is 0.280. The van der Waals surface area contributed by atoms with Gasteiger partial charge in [0.1, 0.15) is 11.2 Å². The van der Waals surface area contributed by atoms with Crippen LogP contribution in [0.5, 0.6) is 0 Å². The van der Waals surface area contributed by atoms with Gasteiger partial charge in [0.2, 0.25) is 0 Å². The van der Waals surface area contributed by atoms with E-state index in [1.807, 2.05) is 24.3 Å². The molecular formula is C32H21NO. The Morgan fingerprint density at radius 2 is 1.18 bits per heavy atom. The topological polar surface area (TPSA) is 25.2 Å². The van der Waals surface area contributed by atoms with Gasteiger partial charge in [-0.15, -0.1) is 0 Å². The van der Waals surface area contributed by atoms with Crippen LogP contribution in [0.25, 0.3) is 54.6 Å². The van der Waals surface area contributed by atoms with Gasteiger partial charge in [0, 0.05) is 11.1 Å². The van der Waals surface area contributed by atoms with Crippen LogP contribution < -0.4 is 5.32 Å². The lowest BCUT2D eigenvalue weighted by Crippen LogP contribution is -1.91. The summed E-state index contributed by atoms with van der Waals surface area (Å²) in [5.74, 6) is 0. The molecule has 34 heavy (non-hydrogen) atoms. The SMILES string of the molecule is c1cc(Nc2cccc3oc4ccccc4c23)cc(-c2ccc3ccc4ccccc4c3c2)c1. The Bertz CT molecular complexity index is 1840. The Balaban J connectivity index is 1.32. The van der Waals surface area contributed by atoms with Gasteiger partial charge >= 0.3 is 0 Å². The molecule has 0 aliphatic rings. The average Bonchev–Trinajstić information content (AvgIpc) is 3.28. The van der Waals surface area contributed by atoms with E-state index in [4.69, 9.17) is 4.42 Å². The molecule has 2 heteroatoms. The van der Waals surface area contributed by atoms with Crippen LogP contribution in [-0.4, -0.2) is 0 Å². The highest BCUT2D eigenvalue weighted by Gasteiger charge is 2.11. The molecule has 0 saturated heterocycles. The minimum absolute atomic E-state index is 0.892. The molecule has 0 unspecified atom stereocenters. The zero-order valence-electron chi connectivity index (χ0n) is 18.5. The van der Waals surface area contributed by atoms with Crippen LogP contribution in [0.3, 0.4) is 0 Å². The first-order valence-electron chi connectivity index (χ1n) is 11.5. The number of para-hydroxylation sites is 1. The summed E-state index contributed by atoms with van der Waals surface area (Å²) >= 11 is 0. The predicted molar refractivity (Wildman–Crippen MR) is 144 cm³/mol. The fourth-order valence-corrected chi connectivity index (χ4v) is 4.99. The molecule has 0 atom stereocenters. The summed E-state index contributed by atoms with van der Waals surface area (Å²) in [5.41, 5.74) is 6.29. The number of rotatable bonds is 3. The van der Waals surface area contributed by atoms with Gasteiger partial charge in [-0.2, -0.15) is 0 Å². The first-order chi connectivity index (χ1) is 16.8. The minimum atomic E-state index is 0.892. The number of nitrogens with one attached hydrogen (secondary N) is 1. The number of benzene rings is 6. The maximum Gasteiger partial charge on any atom is 0.137 e. The van der Waals surface area contributed by atoms with Gasteiger partial charge in [0.05, 0.1) is 11.1 Å². The fourth-order valence-electron chi connectivity index (χ4n) is 4.99. The maximum absolute atomic E-state index is 6.06. The molecule has 0 amide bonds. The highest BCUT2D eigenvalue weighted by Crippen LogP contribution is 2.36. The highest BCUT2D eigenvalue weighted by molar-refractivity contribution is 6.12. The second-order valence-electron chi connectivity index (χ2n) is 8.71. The van der Waals surface area contributed by atoms with E-state index in [9.17, 15) is 0 Å². The van der Waals surface area contributed by atoms with Crippen LogP contribution in [0.15, 0.2) is 126 Å². The van der Waals surface area contributed by atoms with Crippen molar-refractivity contribution in [1.82, 2.24) is 0 Å². The number of hydrogen-bond donors (Lipinski definition) is 1. The van der Waals surface area contributed by atoms with Crippen LogP contribution in [-0.2, 0) is 0 Å². The van der Waals surface area contributed by atoms with Gasteiger partial charge in [0.15, 0.2) is 0 Å². The van der Waals surface area contributed by atoms with Crippen LogP contribution >= 0.6 is 0 Å². The third-order valence-corrected chi connectivity index (χ3v) is 6.62. The number of hydrogen-bond acceptors (Lipinski definition) is 2. The minimum Gasteiger partial charge on any atom is -0.456 e. The van der Waals surface area contributed by atoms with Gasteiger partial charge in [-0.1, -0.05) is 84.9 Å². The van der Waals surface area contributed by atoms with Crippen LogP contribution in [0.4, 0.5) is 11.4 Å². The molecule has 0 aliphatic carbocycles. The van der Waals surface area contributed by atoms with Gasteiger partial charge < -0.3 is 9.73 Å². The molecule has 2 nitrogen and oxygen atoms in total. The van der Waals surface area contributed by atoms with E-state index in [0.717, 1.165) is 33.3 Å². The van der Waals surface area contributed by atoms with Crippen molar-refractivity contribution in [3.8, 4) is 11.1 Å². The molecule has 0 spiro atoms. The Morgan fingerprint density at radius 3 is 2.12 bits per heavy atom. The molecule has 0 aliphatic heterocycles. The Labute approximate surface area is 197 Å². The summed E-state index contributed by atoms with van der Waals surface area (Å²) in [7, 11) is 0. The van der Waals surface area contributed by atoms with Crippen molar-refractivity contribution in [3.63, 3.8) is 0 Å². The van der Waals surface area contributed by atoms with Crippen molar-refractivity contribution in [2.45, 2.75) is 0 Å². The smallest absolute Gasteiger partial charge is 0.137 e. The van der Waals surface area contributed by atoms with Crippen LogP contribution in [0.2, 0.25) is 0 Å².